The average Bonchev–Trinajstić information content (AvgIpc) is 3.03. The molecular weight excluding hydrogens is 352 g/mol. The molecule has 4 rings (SSSR count). The topological polar surface area (TPSA) is 80.9 Å². The number of aromatic nitrogens is 4. The van der Waals surface area contributed by atoms with Gasteiger partial charge in [-0.2, -0.15) is 0 Å². The molecule has 2 aromatic carbocycles. The Morgan fingerprint density at radius 3 is 2.58 bits per heavy atom. The van der Waals surface area contributed by atoms with E-state index in [1.54, 1.807) is 35.0 Å². The van der Waals surface area contributed by atoms with Crippen molar-refractivity contribution in [2.24, 2.45) is 0 Å². The van der Waals surface area contributed by atoms with Gasteiger partial charge in [-0.3, -0.25) is 0 Å². The molecule has 0 amide bonds. The largest absolute Gasteiger partial charge is 0.478 e. The number of nitrogens with zero attached hydrogens (tertiary/aromatic N) is 4. The van der Waals surface area contributed by atoms with Gasteiger partial charge in [0, 0.05) is 10.4 Å². The highest BCUT2D eigenvalue weighted by molar-refractivity contribution is 6.30. The molecule has 0 saturated carbocycles. The molecule has 0 aliphatic rings. The predicted octanol–water partition coefficient (Wildman–Crippen LogP) is 4.14. The first-order chi connectivity index (χ1) is 12.5. The fraction of sp³-hybridized carbons (Fsp3) is 0.0526. The zero-order valence-electron chi connectivity index (χ0n) is 13.7. The van der Waals surface area contributed by atoms with E-state index in [1.807, 2.05) is 25.1 Å². The van der Waals surface area contributed by atoms with Gasteiger partial charge in [0.2, 0.25) is 0 Å². The van der Waals surface area contributed by atoms with E-state index < -0.39 is 5.97 Å². The van der Waals surface area contributed by atoms with Gasteiger partial charge < -0.3 is 5.11 Å². The van der Waals surface area contributed by atoms with Gasteiger partial charge in [0.25, 0.3) is 0 Å². The van der Waals surface area contributed by atoms with E-state index in [1.165, 1.54) is 6.07 Å². The maximum absolute atomic E-state index is 11.7. The molecule has 0 aliphatic heterocycles. The number of benzene rings is 2. The van der Waals surface area contributed by atoms with Crippen LogP contribution in [0, 0.1) is 6.92 Å². The summed E-state index contributed by atoms with van der Waals surface area (Å²) in [4.78, 5) is 16.2. The summed E-state index contributed by atoms with van der Waals surface area (Å²) in [5.74, 6) is -1.01. The highest BCUT2D eigenvalue weighted by Gasteiger charge is 2.18. The molecule has 0 bridgehead atoms. The van der Waals surface area contributed by atoms with Gasteiger partial charge in [-0.15, -0.1) is 5.10 Å². The number of hydrogen-bond acceptors (Lipinski definition) is 4. The predicted molar refractivity (Wildman–Crippen MR) is 98.8 cm³/mol. The van der Waals surface area contributed by atoms with Crippen LogP contribution in [0.1, 0.15) is 16.1 Å². The Morgan fingerprint density at radius 1 is 1.12 bits per heavy atom. The lowest BCUT2D eigenvalue weighted by atomic mass is 10.1. The van der Waals surface area contributed by atoms with Gasteiger partial charge in [0.15, 0.2) is 0 Å². The third kappa shape index (κ3) is 2.70. The molecule has 2 heterocycles. The molecule has 0 unspecified atom stereocenters. The van der Waals surface area contributed by atoms with Crippen molar-refractivity contribution in [3.8, 4) is 17.1 Å². The fourth-order valence-corrected chi connectivity index (χ4v) is 2.99. The second kappa shape index (κ2) is 6.24. The number of rotatable bonds is 3. The number of fused-ring (bicyclic) bond motifs is 1. The van der Waals surface area contributed by atoms with Gasteiger partial charge in [-0.25, -0.2) is 14.5 Å². The minimum atomic E-state index is -1.01. The highest BCUT2D eigenvalue weighted by Crippen LogP contribution is 2.26. The van der Waals surface area contributed by atoms with Gasteiger partial charge >= 0.3 is 5.97 Å². The lowest BCUT2D eigenvalue weighted by Gasteiger charge is -2.06. The molecule has 26 heavy (non-hydrogen) atoms. The molecular formula is C19H13ClN4O2. The third-order valence-corrected chi connectivity index (χ3v) is 4.41. The van der Waals surface area contributed by atoms with Crippen LogP contribution >= 0.6 is 11.6 Å². The summed E-state index contributed by atoms with van der Waals surface area (Å²) in [7, 11) is 0. The molecule has 0 aliphatic carbocycles. The van der Waals surface area contributed by atoms with E-state index in [4.69, 9.17) is 11.6 Å². The molecule has 128 valence electrons. The van der Waals surface area contributed by atoms with Crippen LogP contribution in [0.25, 0.3) is 28.0 Å². The lowest BCUT2D eigenvalue weighted by Crippen LogP contribution is -2.01. The summed E-state index contributed by atoms with van der Waals surface area (Å²) in [6, 6.07) is 15.9. The molecule has 0 atom stereocenters. The van der Waals surface area contributed by atoms with Crippen molar-refractivity contribution in [2.75, 3.05) is 0 Å². The minimum Gasteiger partial charge on any atom is -0.478 e. The second-order valence-corrected chi connectivity index (χ2v) is 6.23. The Kier molecular flexibility index (Phi) is 3.89. The molecule has 2 aromatic heterocycles. The van der Waals surface area contributed by atoms with Crippen molar-refractivity contribution >= 4 is 28.5 Å². The standard InChI is InChI=1S/C19H13ClN4O2/c1-11-18(22-23-24(11)13-8-6-12(20)7-9-13)17-10-15(19(25)26)14-4-2-3-5-16(14)21-17/h2-10H,1H3,(H,25,26). The number of carboxylic acid groups (broad SMARTS) is 1. The molecule has 7 heteroatoms. The van der Waals surface area contributed by atoms with E-state index >= 15 is 0 Å². The fourth-order valence-electron chi connectivity index (χ4n) is 2.87. The van der Waals surface area contributed by atoms with Gasteiger partial charge in [0.05, 0.1) is 28.2 Å². The van der Waals surface area contributed by atoms with Gasteiger partial charge in [0.1, 0.15) is 5.69 Å². The van der Waals surface area contributed by atoms with Crippen molar-refractivity contribution in [2.45, 2.75) is 6.92 Å². The summed E-state index contributed by atoms with van der Waals surface area (Å²) in [6.07, 6.45) is 0. The smallest absolute Gasteiger partial charge is 0.336 e. The van der Waals surface area contributed by atoms with E-state index in [0.717, 1.165) is 11.4 Å². The number of hydrogen-bond donors (Lipinski definition) is 1. The Labute approximate surface area is 153 Å². The van der Waals surface area contributed by atoms with E-state index in [2.05, 4.69) is 15.3 Å². The summed E-state index contributed by atoms with van der Waals surface area (Å²) in [6.45, 7) is 1.86. The summed E-state index contributed by atoms with van der Waals surface area (Å²) >= 11 is 5.93. The molecule has 0 saturated heterocycles. The molecule has 4 aromatic rings. The zero-order valence-corrected chi connectivity index (χ0v) is 14.5. The summed E-state index contributed by atoms with van der Waals surface area (Å²) < 4.78 is 1.67. The third-order valence-electron chi connectivity index (χ3n) is 4.15. The molecule has 6 nitrogen and oxygen atoms in total. The van der Waals surface area contributed by atoms with Gasteiger partial charge in [-0.05, 0) is 43.3 Å². The SMILES string of the molecule is Cc1c(-c2cc(C(=O)O)c3ccccc3n2)nnn1-c1ccc(Cl)cc1. The van der Waals surface area contributed by atoms with Crippen molar-refractivity contribution in [1.82, 2.24) is 20.0 Å². The van der Waals surface area contributed by atoms with Gasteiger partial charge in [-0.1, -0.05) is 35.0 Å². The molecule has 0 radical (unpaired) electrons. The molecule has 0 spiro atoms. The quantitative estimate of drug-likeness (QED) is 0.590. The van der Waals surface area contributed by atoms with E-state index in [0.29, 0.717) is 27.3 Å². The van der Waals surface area contributed by atoms with Crippen LogP contribution in [0.2, 0.25) is 5.02 Å². The number of para-hydroxylation sites is 1. The normalized spacial score (nSPS) is 11.0. The van der Waals surface area contributed by atoms with Crippen molar-refractivity contribution < 1.29 is 9.90 Å². The Bertz CT molecular complexity index is 1140. The summed E-state index contributed by atoms with van der Waals surface area (Å²) in [5.41, 5.74) is 3.36. The first-order valence-corrected chi connectivity index (χ1v) is 8.24. The maximum Gasteiger partial charge on any atom is 0.336 e. The van der Waals surface area contributed by atoms with Crippen LogP contribution in [0.3, 0.4) is 0 Å². The Hall–Kier alpha value is -3.25. The van der Waals surface area contributed by atoms with E-state index in [-0.39, 0.29) is 5.56 Å². The number of pyridine rings is 1. The van der Waals surface area contributed by atoms with Crippen LogP contribution in [0.15, 0.2) is 54.6 Å². The number of carboxylic acids is 1. The van der Waals surface area contributed by atoms with E-state index in [9.17, 15) is 9.90 Å². The van der Waals surface area contributed by atoms with Crippen LogP contribution in [-0.2, 0) is 0 Å². The van der Waals surface area contributed by atoms with Crippen molar-refractivity contribution in [3.05, 3.63) is 70.9 Å². The van der Waals surface area contributed by atoms with Crippen LogP contribution in [0.4, 0.5) is 0 Å². The highest BCUT2D eigenvalue weighted by atomic mass is 35.5. The number of carbonyl (C=O) groups is 1. The van der Waals surface area contributed by atoms with Crippen LogP contribution < -0.4 is 0 Å². The zero-order chi connectivity index (χ0) is 18.3. The molecule has 0 fully saturated rings. The first-order valence-electron chi connectivity index (χ1n) is 7.86. The van der Waals surface area contributed by atoms with Crippen LogP contribution in [-0.4, -0.2) is 31.1 Å². The maximum atomic E-state index is 11.7. The molecule has 1 N–H and O–H groups in total. The Balaban J connectivity index is 1.89. The second-order valence-electron chi connectivity index (χ2n) is 5.79. The van der Waals surface area contributed by atoms with Crippen molar-refractivity contribution in [3.63, 3.8) is 0 Å². The Morgan fingerprint density at radius 2 is 1.85 bits per heavy atom. The monoisotopic (exact) mass is 364 g/mol. The lowest BCUT2D eigenvalue weighted by molar-refractivity contribution is 0.0699. The minimum absolute atomic E-state index is 0.186. The first kappa shape index (κ1) is 16.2. The van der Waals surface area contributed by atoms with Crippen LogP contribution in [0.5, 0.6) is 0 Å². The van der Waals surface area contributed by atoms with Crippen molar-refractivity contribution in [1.29, 1.82) is 0 Å². The number of aromatic carboxylic acids is 1. The number of halogens is 1. The average molecular weight is 365 g/mol. The summed E-state index contributed by atoms with van der Waals surface area (Å²) in [5, 5.41) is 19.2.